The summed E-state index contributed by atoms with van der Waals surface area (Å²) in [5, 5.41) is 15.6. The zero-order chi connectivity index (χ0) is 26.4. The van der Waals surface area contributed by atoms with E-state index in [0.29, 0.717) is 17.8 Å². The molecule has 6 nitrogen and oxygen atoms in total. The predicted octanol–water partition coefficient (Wildman–Crippen LogP) is 8.52. The van der Waals surface area contributed by atoms with Crippen molar-refractivity contribution in [3.8, 4) is 0 Å². The molecule has 6 rings (SSSR count). The summed E-state index contributed by atoms with van der Waals surface area (Å²) in [6.07, 6.45) is 26.1. The van der Waals surface area contributed by atoms with E-state index in [-0.39, 0.29) is 13.1 Å². The Kier molecular flexibility index (Phi) is 9.96. The molecule has 0 aromatic carbocycles. The van der Waals surface area contributed by atoms with Gasteiger partial charge < -0.3 is 0 Å². The van der Waals surface area contributed by atoms with Gasteiger partial charge in [0.25, 0.3) is 0 Å². The van der Waals surface area contributed by atoms with Crippen LogP contribution in [0.2, 0.25) is 0 Å². The molecule has 3 aromatic rings. The SMILES string of the molecule is CC(n1ccc(C2CCCCC2)n1)(n1ccc(C2CCCCC2)n1)n1ccc(C2CCCCC2)n1.[Cl][Mn][Cl]. The maximum atomic E-state index is 5.20. The fourth-order valence-electron chi connectivity index (χ4n) is 6.89. The van der Waals surface area contributed by atoms with E-state index in [4.69, 9.17) is 35.5 Å². The molecule has 0 spiro atoms. The zero-order valence-corrected chi connectivity index (χ0v) is 25.3. The molecule has 9 heteroatoms. The van der Waals surface area contributed by atoms with Gasteiger partial charge in [-0.1, -0.05) is 57.8 Å². The summed E-state index contributed by atoms with van der Waals surface area (Å²) in [5.74, 6) is 1.10. The van der Waals surface area contributed by atoms with Crippen molar-refractivity contribution in [2.75, 3.05) is 0 Å². The first kappa shape index (κ1) is 28.3. The summed E-state index contributed by atoms with van der Waals surface area (Å²) >= 11 is 0.00694. The van der Waals surface area contributed by atoms with Crippen molar-refractivity contribution in [1.82, 2.24) is 29.3 Å². The molecule has 0 bridgehead atoms. The van der Waals surface area contributed by atoms with Crippen molar-refractivity contribution >= 4 is 20.2 Å². The number of rotatable bonds is 6. The van der Waals surface area contributed by atoms with Crippen LogP contribution in [0.5, 0.6) is 0 Å². The molecule has 38 heavy (non-hydrogen) atoms. The van der Waals surface area contributed by atoms with Crippen LogP contribution in [0.4, 0.5) is 0 Å². The Morgan fingerprint density at radius 2 is 0.842 bits per heavy atom. The molecule has 3 aliphatic carbocycles. The zero-order valence-electron chi connectivity index (χ0n) is 22.6. The van der Waals surface area contributed by atoms with Gasteiger partial charge in [0.05, 0.1) is 17.1 Å². The van der Waals surface area contributed by atoms with Crippen LogP contribution in [0.1, 0.15) is 138 Å². The number of hydrogen-bond acceptors (Lipinski definition) is 3. The summed E-state index contributed by atoms with van der Waals surface area (Å²) in [7, 11) is 9.59. The number of halogens is 2. The Balaban J connectivity index is 0.000000937. The molecule has 0 unspecified atom stereocenters. The number of nitrogens with zero attached hydrogens (tertiary/aromatic N) is 6. The van der Waals surface area contributed by atoms with E-state index in [1.807, 2.05) is 0 Å². The molecule has 209 valence electrons. The van der Waals surface area contributed by atoms with Crippen LogP contribution in [0.15, 0.2) is 36.8 Å². The van der Waals surface area contributed by atoms with E-state index in [9.17, 15) is 0 Å². The Bertz CT molecular complexity index is 985. The van der Waals surface area contributed by atoms with E-state index >= 15 is 0 Å². The molecule has 0 amide bonds. The molecular formula is C29H42Cl2MnN6. The molecule has 3 heterocycles. The van der Waals surface area contributed by atoms with Gasteiger partial charge >= 0.3 is 33.3 Å². The van der Waals surface area contributed by atoms with Crippen LogP contribution in [-0.4, -0.2) is 29.3 Å². The van der Waals surface area contributed by atoms with Crippen molar-refractivity contribution in [2.24, 2.45) is 0 Å². The van der Waals surface area contributed by atoms with Crippen LogP contribution in [0.25, 0.3) is 0 Å². The van der Waals surface area contributed by atoms with Gasteiger partial charge in [0.15, 0.2) is 0 Å². The minimum absolute atomic E-state index is 0.00694. The van der Waals surface area contributed by atoms with Crippen molar-refractivity contribution in [2.45, 2.75) is 127 Å². The van der Waals surface area contributed by atoms with E-state index in [1.165, 1.54) is 113 Å². The second kappa shape index (κ2) is 13.4. The number of aromatic nitrogens is 6. The third kappa shape index (κ3) is 6.22. The summed E-state index contributed by atoms with van der Waals surface area (Å²) in [5.41, 5.74) is 3.70. The first-order valence-corrected chi connectivity index (χ1v) is 17.9. The quantitative estimate of drug-likeness (QED) is 0.267. The standard InChI is InChI=1S/C29H42N6.2ClH.Mn/c1-29(33-20-17-26(30-33)23-11-5-2-6-12-23,34-21-18-27(31-34)24-13-7-3-8-14-24)35-22-19-28(32-35)25-15-9-4-10-16-25;;;/h17-25H,2-16H2,1H3;2*1H;/q;;;+2/p-2. The predicted molar refractivity (Wildman–Crippen MR) is 150 cm³/mol. The van der Waals surface area contributed by atoms with Crippen molar-refractivity contribution in [3.05, 3.63) is 53.9 Å². The summed E-state index contributed by atoms with van der Waals surface area (Å²) in [6.45, 7) is 2.22. The van der Waals surface area contributed by atoms with Gasteiger partial charge in [0.1, 0.15) is 0 Å². The van der Waals surface area contributed by atoms with Gasteiger partial charge in [-0.3, -0.25) is 0 Å². The van der Waals surface area contributed by atoms with Crippen LogP contribution < -0.4 is 0 Å². The fraction of sp³-hybridized carbons (Fsp3) is 0.690. The normalized spacial score (nSPS) is 20.3. The maximum absolute atomic E-state index is 5.20. The minimum atomic E-state index is -0.646. The third-order valence-electron chi connectivity index (χ3n) is 9.20. The summed E-state index contributed by atoms with van der Waals surface area (Å²) < 4.78 is 6.35. The molecular weight excluding hydrogens is 558 g/mol. The van der Waals surface area contributed by atoms with Crippen LogP contribution in [0.3, 0.4) is 0 Å². The Morgan fingerprint density at radius 1 is 0.579 bits per heavy atom. The molecule has 0 radical (unpaired) electrons. The van der Waals surface area contributed by atoms with Gasteiger partial charge in [-0.15, -0.1) is 0 Å². The van der Waals surface area contributed by atoms with E-state index in [2.05, 4.69) is 57.8 Å². The third-order valence-corrected chi connectivity index (χ3v) is 9.20. The van der Waals surface area contributed by atoms with E-state index in [0.717, 1.165) is 0 Å². The molecule has 3 aliphatic rings. The van der Waals surface area contributed by atoms with Crippen LogP contribution in [-0.2, 0) is 18.9 Å². The van der Waals surface area contributed by atoms with Gasteiger partial charge in [0.2, 0.25) is 5.79 Å². The number of hydrogen-bond donors (Lipinski definition) is 0. The second-order valence-corrected chi connectivity index (χ2v) is 13.5. The Hall–Kier alpha value is -1.27. The van der Waals surface area contributed by atoms with Crippen LogP contribution in [0, 0.1) is 0 Å². The first-order valence-electron chi connectivity index (χ1n) is 14.7. The molecule has 0 aliphatic heterocycles. The molecule has 3 fully saturated rings. The molecule has 3 aromatic heterocycles. The molecule has 0 N–H and O–H groups in total. The first-order chi connectivity index (χ1) is 18.6. The van der Waals surface area contributed by atoms with Gasteiger partial charge in [-0.05, 0) is 56.7 Å². The molecule has 0 atom stereocenters. The monoisotopic (exact) mass is 599 g/mol. The average Bonchev–Trinajstić information content (AvgIpc) is 3.76. The van der Waals surface area contributed by atoms with Crippen molar-refractivity contribution < 1.29 is 13.1 Å². The Morgan fingerprint density at radius 3 is 1.11 bits per heavy atom. The van der Waals surface area contributed by atoms with E-state index < -0.39 is 5.79 Å². The second-order valence-electron chi connectivity index (χ2n) is 11.6. The molecule has 0 saturated heterocycles. The molecule has 3 saturated carbocycles. The van der Waals surface area contributed by atoms with Gasteiger partial charge in [0, 0.05) is 43.3 Å². The fourth-order valence-corrected chi connectivity index (χ4v) is 6.89. The van der Waals surface area contributed by atoms with Crippen molar-refractivity contribution in [3.63, 3.8) is 0 Å². The van der Waals surface area contributed by atoms with Crippen LogP contribution >= 0.6 is 20.2 Å². The Labute approximate surface area is 242 Å². The summed E-state index contributed by atoms with van der Waals surface area (Å²) in [4.78, 5) is 0. The van der Waals surface area contributed by atoms with Gasteiger partial charge in [-0.25, -0.2) is 14.0 Å². The average molecular weight is 601 g/mol. The van der Waals surface area contributed by atoms with E-state index in [1.54, 1.807) is 0 Å². The summed E-state index contributed by atoms with van der Waals surface area (Å²) in [6, 6.07) is 6.72. The topological polar surface area (TPSA) is 53.5 Å². The van der Waals surface area contributed by atoms with Gasteiger partial charge in [-0.2, -0.15) is 15.3 Å². The van der Waals surface area contributed by atoms with Crippen molar-refractivity contribution in [1.29, 1.82) is 0 Å².